The number of aliphatic hydroxyl groups is 1. The molecule has 0 aliphatic carbocycles. The zero-order valence-corrected chi connectivity index (χ0v) is 12.7. The third-order valence-corrected chi connectivity index (χ3v) is 5.94. The molecule has 1 spiro atoms. The monoisotopic (exact) mass is 272 g/mol. The Morgan fingerprint density at radius 2 is 1.94 bits per heavy atom. The van der Waals surface area contributed by atoms with Gasteiger partial charge in [-0.2, -0.15) is 11.8 Å². The molecule has 2 heterocycles. The molecule has 0 aromatic heterocycles. The van der Waals surface area contributed by atoms with Gasteiger partial charge in [-0.15, -0.1) is 0 Å². The SMILES string of the molecule is CCC(CC)C(O)C1CCOC2(CCSCC2)C1. The van der Waals surface area contributed by atoms with Crippen LogP contribution in [0.1, 0.15) is 52.4 Å². The molecule has 2 aliphatic heterocycles. The lowest BCUT2D eigenvalue weighted by atomic mass is 9.75. The maximum absolute atomic E-state index is 10.6. The van der Waals surface area contributed by atoms with Crippen LogP contribution in [0.3, 0.4) is 0 Å². The summed E-state index contributed by atoms with van der Waals surface area (Å²) >= 11 is 2.04. The number of ether oxygens (including phenoxy) is 1. The van der Waals surface area contributed by atoms with E-state index >= 15 is 0 Å². The van der Waals surface area contributed by atoms with E-state index in [1.807, 2.05) is 11.8 Å². The number of thioether (sulfide) groups is 1. The fraction of sp³-hybridized carbons (Fsp3) is 1.00. The fourth-order valence-corrected chi connectivity index (χ4v) is 4.84. The summed E-state index contributed by atoms with van der Waals surface area (Å²) in [5.74, 6) is 3.40. The Labute approximate surface area is 116 Å². The lowest BCUT2D eigenvalue weighted by Crippen LogP contribution is -2.46. The number of hydrogen-bond acceptors (Lipinski definition) is 3. The highest BCUT2D eigenvalue weighted by Gasteiger charge is 2.41. The van der Waals surface area contributed by atoms with Crippen molar-refractivity contribution in [1.82, 2.24) is 0 Å². The predicted molar refractivity (Wildman–Crippen MR) is 78.0 cm³/mol. The first-order valence-corrected chi connectivity index (χ1v) is 8.76. The molecule has 1 N–H and O–H groups in total. The number of rotatable bonds is 4. The van der Waals surface area contributed by atoms with Gasteiger partial charge in [0, 0.05) is 6.61 Å². The van der Waals surface area contributed by atoms with Gasteiger partial charge in [0.15, 0.2) is 0 Å². The average molecular weight is 272 g/mol. The summed E-state index contributed by atoms with van der Waals surface area (Å²) in [4.78, 5) is 0. The minimum Gasteiger partial charge on any atom is -0.393 e. The normalized spacial score (nSPS) is 29.7. The Kier molecular flexibility index (Phi) is 5.40. The van der Waals surface area contributed by atoms with E-state index in [0.29, 0.717) is 11.8 Å². The zero-order chi connectivity index (χ0) is 13.0. The van der Waals surface area contributed by atoms with Gasteiger partial charge in [-0.05, 0) is 49.0 Å². The summed E-state index contributed by atoms with van der Waals surface area (Å²) in [6.07, 6.45) is 6.58. The van der Waals surface area contributed by atoms with Crippen molar-refractivity contribution in [3.63, 3.8) is 0 Å². The van der Waals surface area contributed by atoms with Gasteiger partial charge in [-0.1, -0.05) is 26.7 Å². The standard InChI is InChI=1S/C15H28O2S/c1-3-12(4-2)14(16)13-5-8-17-15(11-13)6-9-18-10-7-15/h12-14,16H,3-11H2,1-2H3. The first-order valence-electron chi connectivity index (χ1n) is 7.60. The van der Waals surface area contributed by atoms with Crippen LogP contribution in [0, 0.1) is 11.8 Å². The Morgan fingerprint density at radius 1 is 1.28 bits per heavy atom. The van der Waals surface area contributed by atoms with Crippen LogP contribution in [0.2, 0.25) is 0 Å². The highest BCUT2D eigenvalue weighted by atomic mass is 32.2. The Morgan fingerprint density at radius 3 is 2.56 bits per heavy atom. The smallest absolute Gasteiger partial charge is 0.0701 e. The summed E-state index contributed by atoms with van der Waals surface area (Å²) < 4.78 is 6.11. The van der Waals surface area contributed by atoms with Gasteiger partial charge in [0.2, 0.25) is 0 Å². The molecular formula is C15H28O2S. The van der Waals surface area contributed by atoms with E-state index in [1.54, 1.807) is 0 Å². The summed E-state index contributed by atoms with van der Waals surface area (Å²) in [7, 11) is 0. The van der Waals surface area contributed by atoms with Crippen LogP contribution in [0.5, 0.6) is 0 Å². The van der Waals surface area contributed by atoms with E-state index in [0.717, 1.165) is 32.3 Å². The molecule has 0 bridgehead atoms. The zero-order valence-electron chi connectivity index (χ0n) is 11.9. The quantitative estimate of drug-likeness (QED) is 0.849. The third kappa shape index (κ3) is 3.23. The largest absolute Gasteiger partial charge is 0.393 e. The Hall–Kier alpha value is 0.270. The molecule has 2 nitrogen and oxygen atoms in total. The molecule has 106 valence electrons. The van der Waals surface area contributed by atoms with E-state index in [2.05, 4.69) is 13.8 Å². The highest BCUT2D eigenvalue weighted by Crippen LogP contribution is 2.42. The van der Waals surface area contributed by atoms with Gasteiger partial charge < -0.3 is 9.84 Å². The van der Waals surface area contributed by atoms with Crippen LogP contribution in [0.15, 0.2) is 0 Å². The molecular weight excluding hydrogens is 244 g/mol. The second kappa shape index (κ2) is 6.62. The van der Waals surface area contributed by atoms with Gasteiger partial charge in [-0.3, -0.25) is 0 Å². The van der Waals surface area contributed by atoms with Crippen LogP contribution in [-0.2, 0) is 4.74 Å². The third-order valence-electron chi connectivity index (χ3n) is 4.95. The summed E-state index contributed by atoms with van der Waals surface area (Å²) in [6.45, 7) is 5.25. The minimum absolute atomic E-state index is 0.112. The molecule has 0 aromatic carbocycles. The molecule has 18 heavy (non-hydrogen) atoms. The second-order valence-corrected chi connectivity index (χ2v) is 7.19. The molecule has 2 rings (SSSR count). The highest BCUT2D eigenvalue weighted by molar-refractivity contribution is 7.99. The lowest BCUT2D eigenvalue weighted by molar-refractivity contribution is -0.127. The average Bonchev–Trinajstić information content (AvgIpc) is 2.41. The van der Waals surface area contributed by atoms with Crippen molar-refractivity contribution in [2.75, 3.05) is 18.1 Å². The van der Waals surface area contributed by atoms with Gasteiger partial charge in [0.1, 0.15) is 0 Å². The Bertz CT molecular complexity index is 241. The van der Waals surface area contributed by atoms with Crippen molar-refractivity contribution in [3.05, 3.63) is 0 Å². The van der Waals surface area contributed by atoms with Gasteiger partial charge in [0.05, 0.1) is 11.7 Å². The van der Waals surface area contributed by atoms with E-state index in [1.165, 1.54) is 24.3 Å². The summed E-state index contributed by atoms with van der Waals surface area (Å²) in [5.41, 5.74) is 0.112. The van der Waals surface area contributed by atoms with E-state index < -0.39 is 0 Å². The molecule has 0 amide bonds. The molecule has 0 aromatic rings. The van der Waals surface area contributed by atoms with Crippen molar-refractivity contribution in [2.24, 2.45) is 11.8 Å². The number of hydrogen-bond donors (Lipinski definition) is 1. The van der Waals surface area contributed by atoms with Gasteiger partial charge in [0.25, 0.3) is 0 Å². The topological polar surface area (TPSA) is 29.5 Å². The lowest BCUT2D eigenvalue weighted by Gasteiger charge is -2.45. The molecule has 0 saturated carbocycles. The summed E-state index contributed by atoms with van der Waals surface area (Å²) in [5, 5.41) is 10.6. The van der Waals surface area contributed by atoms with Crippen LogP contribution in [0.25, 0.3) is 0 Å². The molecule has 2 aliphatic rings. The maximum Gasteiger partial charge on any atom is 0.0701 e. The first kappa shape index (κ1) is 14.7. The second-order valence-electron chi connectivity index (χ2n) is 5.96. The van der Waals surface area contributed by atoms with Crippen molar-refractivity contribution in [2.45, 2.75) is 64.1 Å². The van der Waals surface area contributed by atoms with Crippen LogP contribution < -0.4 is 0 Å². The molecule has 2 unspecified atom stereocenters. The van der Waals surface area contributed by atoms with Crippen LogP contribution >= 0.6 is 11.8 Å². The minimum atomic E-state index is -0.115. The molecule has 2 atom stereocenters. The van der Waals surface area contributed by atoms with Crippen molar-refractivity contribution in [1.29, 1.82) is 0 Å². The Balaban J connectivity index is 1.97. The van der Waals surface area contributed by atoms with Crippen molar-refractivity contribution >= 4 is 11.8 Å². The van der Waals surface area contributed by atoms with Crippen LogP contribution in [-0.4, -0.2) is 34.9 Å². The van der Waals surface area contributed by atoms with E-state index in [9.17, 15) is 5.11 Å². The first-order chi connectivity index (χ1) is 8.71. The molecule has 0 radical (unpaired) electrons. The number of aliphatic hydroxyl groups excluding tert-OH is 1. The van der Waals surface area contributed by atoms with Crippen molar-refractivity contribution in [3.8, 4) is 0 Å². The van der Waals surface area contributed by atoms with E-state index in [-0.39, 0.29) is 11.7 Å². The summed E-state index contributed by atoms with van der Waals surface area (Å²) in [6, 6.07) is 0. The molecule has 3 heteroatoms. The van der Waals surface area contributed by atoms with E-state index in [4.69, 9.17) is 4.74 Å². The maximum atomic E-state index is 10.6. The van der Waals surface area contributed by atoms with Gasteiger partial charge in [-0.25, -0.2) is 0 Å². The molecule has 2 saturated heterocycles. The van der Waals surface area contributed by atoms with Crippen LogP contribution in [0.4, 0.5) is 0 Å². The predicted octanol–water partition coefficient (Wildman–Crippen LogP) is 3.48. The van der Waals surface area contributed by atoms with Crippen molar-refractivity contribution < 1.29 is 9.84 Å². The fourth-order valence-electron chi connectivity index (χ4n) is 3.61. The van der Waals surface area contributed by atoms with Gasteiger partial charge >= 0.3 is 0 Å². The molecule has 2 fully saturated rings.